The van der Waals surface area contributed by atoms with E-state index in [1.54, 1.807) is 0 Å². The number of benzene rings is 2. The van der Waals surface area contributed by atoms with E-state index in [2.05, 4.69) is 40.5 Å². The summed E-state index contributed by atoms with van der Waals surface area (Å²) in [5, 5.41) is 7.52. The molecular formula is C28H28N4O2. The highest BCUT2D eigenvalue weighted by Crippen LogP contribution is 2.33. The first-order valence-electron chi connectivity index (χ1n) is 11.6. The van der Waals surface area contributed by atoms with Crippen molar-refractivity contribution < 1.29 is 9.53 Å². The molecule has 34 heavy (non-hydrogen) atoms. The van der Waals surface area contributed by atoms with E-state index in [4.69, 9.17) is 4.74 Å². The summed E-state index contributed by atoms with van der Waals surface area (Å²) >= 11 is 0. The highest BCUT2D eigenvalue weighted by atomic mass is 16.5. The summed E-state index contributed by atoms with van der Waals surface area (Å²) in [5.74, 6) is 0.784. The van der Waals surface area contributed by atoms with Crippen LogP contribution < -0.4 is 10.1 Å². The first-order valence-corrected chi connectivity index (χ1v) is 11.6. The van der Waals surface area contributed by atoms with E-state index in [1.165, 1.54) is 0 Å². The largest absolute Gasteiger partial charge is 0.488 e. The molecule has 4 aromatic rings. The van der Waals surface area contributed by atoms with E-state index < -0.39 is 0 Å². The number of amides is 1. The number of hydrogen-bond donors (Lipinski definition) is 1. The van der Waals surface area contributed by atoms with Gasteiger partial charge in [-0.25, -0.2) is 0 Å². The van der Waals surface area contributed by atoms with Gasteiger partial charge in [-0.1, -0.05) is 18.2 Å². The monoisotopic (exact) mass is 452 g/mol. The zero-order chi connectivity index (χ0) is 23.7. The first-order chi connectivity index (χ1) is 16.5. The standard InChI is InChI=1S/C28H28N4O2/c1-18-5-4-12-29-27(18)23-10-11-26-24(14-23)15-25(34-26)16-30-28(33)22-8-6-21(7-9-22)17-32-20(3)13-19(2)31-32/h4-14,25H,15-17H2,1-3H3,(H,30,33). The average Bonchev–Trinajstić information content (AvgIpc) is 3.39. The third-order valence-corrected chi connectivity index (χ3v) is 6.23. The van der Waals surface area contributed by atoms with Gasteiger partial charge in [-0.05, 0) is 79.9 Å². The van der Waals surface area contributed by atoms with Crippen LogP contribution in [0.15, 0.2) is 66.9 Å². The van der Waals surface area contributed by atoms with Crippen LogP contribution in [0, 0.1) is 20.8 Å². The molecule has 0 radical (unpaired) electrons. The summed E-state index contributed by atoms with van der Waals surface area (Å²) in [7, 11) is 0. The number of fused-ring (bicyclic) bond motifs is 1. The highest BCUT2D eigenvalue weighted by molar-refractivity contribution is 5.94. The Labute approximate surface area is 199 Å². The van der Waals surface area contributed by atoms with Crippen molar-refractivity contribution in [3.8, 4) is 17.0 Å². The number of nitrogens with one attached hydrogen (secondary N) is 1. The van der Waals surface area contributed by atoms with Gasteiger partial charge < -0.3 is 10.1 Å². The summed E-state index contributed by atoms with van der Waals surface area (Å²) in [6.07, 6.45) is 2.50. The van der Waals surface area contributed by atoms with Crippen molar-refractivity contribution in [3.05, 3.63) is 101 Å². The molecule has 0 saturated carbocycles. The molecule has 5 rings (SSSR count). The molecule has 1 aliphatic heterocycles. The van der Waals surface area contributed by atoms with Gasteiger partial charge in [0, 0.05) is 29.4 Å². The average molecular weight is 453 g/mol. The van der Waals surface area contributed by atoms with Crippen molar-refractivity contribution in [1.29, 1.82) is 0 Å². The Balaban J connectivity index is 1.18. The third-order valence-electron chi connectivity index (χ3n) is 6.23. The van der Waals surface area contributed by atoms with Gasteiger partial charge in [-0.2, -0.15) is 5.10 Å². The number of aryl methyl sites for hydroxylation is 3. The maximum absolute atomic E-state index is 12.7. The van der Waals surface area contributed by atoms with Crippen LogP contribution in [-0.2, 0) is 13.0 Å². The lowest BCUT2D eigenvalue weighted by atomic mass is 10.0. The Morgan fingerprint density at radius 2 is 1.91 bits per heavy atom. The second kappa shape index (κ2) is 9.14. The van der Waals surface area contributed by atoms with Gasteiger partial charge in [0.05, 0.1) is 24.5 Å². The lowest BCUT2D eigenvalue weighted by molar-refractivity contribution is 0.0933. The molecule has 2 aromatic heterocycles. The van der Waals surface area contributed by atoms with Gasteiger partial charge in [0.2, 0.25) is 0 Å². The molecule has 1 aliphatic rings. The predicted molar refractivity (Wildman–Crippen MR) is 132 cm³/mol. The Kier molecular flexibility index (Phi) is 5.88. The highest BCUT2D eigenvalue weighted by Gasteiger charge is 2.24. The Morgan fingerprint density at radius 3 is 2.65 bits per heavy atom. The van der Waals surface area contributed by atoms with Crippen LogP contribution in [-0.4, -0.2) is 33.3 Å². The molecule has 0 aliphatic carbocycles. The third kappa shape index (κ3) is 4.57. The van der Waals surface area contributed by atoms with Crippen LogP contribution in [0.2, 0.25) is 0 Å². The molecule has 0 fully saturated rings. The van der Waals surface area contributed by atoms with Crippen LogP contribution in [0.4, 0.5) is 0 Å². The Bertz CT molecular complexity index is 1340. The molecule has 1 unspecified atom stereocenters. The number of aromatic nitrogens is 3. The topological polar surface area (TPSA) is 69.0 Å². The van der Waals surface area contributed by atoms with Crippen LogP contribution in [0.5, 0.6) is 5.75 Å². The SMILES string of the molecule is Cc1cc(C)n(Cc2ccc(C(=O)NCC3Cc4cc(-c5ncccc5C)ccc4O3)cc2)n1. The maximum atomic E-state index is 12.7. The quantitative estimate of drug-likeness (QED) is 0.462. The summed E-state index contributed by atoms with van der Waals surface area (Å²) in [5.41, 5.74) is 8.25. The summed E-state index contributed by atoms with van der Waals surface area (Å²) in [6.45, 7) is 7.25. The fourth-order valence-electron chi connectivity index (χ4n) is 4.45. The molecule has 1 N–H and O–H groups in total. The molecule has 0 bridgehead atoms. The Morgan fingerprint density at radius 1 is 1.09 bits per heavy atom. The molecule has 0 spiro atoms. The molecule has 3 heterocycles. The molecule has 6 nitrogen and oxygen atoms in total. The molecule has 172 valence electrons. The maximum Gasteiger partial charge on any atom is 0.251 e. The van der Waals surface area contributed by atoms with Gasteiger partial charge >= 0.3 is 0 Å². The zero-order valence-corrected chi connectivity index (χ0v) is 19.7. The smallest absolute Gasteiger partial charge is 0.251 e. The lowest BCUT2D eigenvalue weighted by Gasteiger charge is -2.12. The van der Waals surface area contributed by atoms with E-state index in [1.807, 2.05) is 67.2 Å². The summed E-state index contributed by atoms with van der Waals surface area (Å²) in [4.78, 5) is 17.2. The minimum absolute atomic E-state index is 0.0793. The number of carbonyl (C=O) groups excluding carboxylic acids is 1. The van der Waals surface area contributed by atoms with Gasteiger partial charge in [0.15, 0.2) is 0 Å². The normalized spacial score (nSPS) is 14.5. The van der Waals surface area contributed by atoms with Gasteiger partial charge in [-0.3, -0.25) is 14.5 Å². The van der Waals surface area contributed by atoms with E-state index in [-0.39, 0.29) is 12.0 Å². The molecule has 0 saturated heterocycles. The van der Waals surface area contributed by atoms with Crippen molar-refractivity contribution >= 4 is 5.91 Å². The minimum atomic E-state index is -0.0954. The summed E-state index contributed by atoms with van der Waals surface area (Å²) in [6, 6.07) is 20.0. The van der Waals surface area contributed by atoms with E-state index >= 15 is 0 Å². The number of ether oxygens (including phenoxy) is 1. The van der Waals surface area contributed by atoms with Crippen molar-refractivity contribution in [2.24, 2.45) is 0 Å². The predicted octanol–water partition coefficient (Wildman–Crippen LogP) is 4.65. The van der Waals surface area contributed by atoms with Crippen molar-refractivity contribution in [1.82, 2.24) is 20.1 Å². The van der Waals surface area contributed by atoms with Crippen LogP contribution in [0.1, 0.15) is 38.4 Å². The second-order valence-corrected chi connectivity index (χ2v) is 8.93. The summed E-state index contributed by atoms with van der Waals surface area (Å²) < 4.78 is 8.04. The molecule has 6 heteroatoms. The van der Waals surface area contributed by atoms with Gasteiger partial charge in [0.25, 0.3) is 5.91 Å². The minimum Gasteiger partial charge on any atom is -0.488 e. The number of hydrogen-bond acceptors (Lipinski definition) is 4. The second-order valence-electron chi connectivity index (χ2n) is 8.93. The van der Waals surface area contributed by atoms with Crippen LogP contribution in [0.25, 0.3) is 11.3 Å². The first kappa shape index (κ1) is 21.9. The van der Waals surface area contributed by atoms with Crippen LogP contribution >= 0.6 is 0 Å². The molecule has 2 aromatic carbocycles. The van der Waals surface area contributed by atoms with Gasteiger partial charge in [0.1, 0.15) is 11.9 Å². The number of rotatable bonds is 6. The number of pyridine rings is 1. The molecule has 1 amide bonds. The Hall–Kier alpha value is -3.93. The number of carbonyl (C=O) groups is 1. The van der Waals surface area contributed by atoms with E-state index in [0.29, 0.717) is 18.7 Å². The molecular weight excluding hydrogens is 424 g/mol. The fraction of sp³-hybridized carbons (Fsp3) is 0.250. The molecule has 1 atom stereocenters. The van der Waals surface area contributed by atoms with Crippen molar-refractivity contribution in [2.45, 2.75) is 39.8 Å². The van der Waals surface area contributed by atoms with Crippen molar-refractivity contribution in [2.75, 3.05) is 6.54 Å². The van der Waals surface area contributed by atoms with Crippen LogP contribution in [0.3, 0.4) is 0 Å². The van der Waals surface area contributed by atoms with Crippen molar-refractivity contribution in [3.63, 3.8) is 0 Å². The lowest BCUT2D eigenvalue weighted by Crippen LogP contribution is -2.34. The van der Waals surface area contributed by atoms with Gasteiger partial charge in [-0.15, -0.1) is 0 Å². The van der Waals surface area contributed by atoms with E-state index in [9.17, 15) is 4.79 Å². The van der Waals surface area contributed by atoms with E-state index in [0.717, 1.165) is 51.5 Å². The fourth-order valence-corrected chi connectivity index (χ4v) is 4.45. The number of nitrogens with zero attached hydrogens (tertiary/aromatic N) is 3. The zero-order valence-electron chi connectivity index (χ0n) is 19.7.